The van der Waals surface area contributed by atoms with E-state index in [9.17, 15) is 14.9 Å². The zero-order valence-corrected chi connectivity index (χ0v) is 13.0. The predicted octanol–water partition coefficient (Wildman–Crippen LogP) is 4.82. The van der Waals surface area contributed by atoms with Crippen molar-refractivity contribution in [2.24, 2.45) is 0 Å². The summed E-state index contributed by atoms with van der Waals surface area (Å²) >= 11 is 11.7. The van der Waals surface area contributed by atoms with Gasteiger partial charge < -0.3 is 4.74 Å². The molecule has 22 heavy (non-hydrogen) atoms. The number of ether oxygens (including phenoxy) is 1. The lowest BCUT2D eigenvalue weighted by Gasteiger charge is -2.15. The molecule has 0 spiro atoms. The Morgan fingerprint density at radius 1 is 1.23 bits per heavy atom. The van der Waals surface area contributed by atoms with Gasteiger partial charge in [0, 0.05) is 21.7 Å². The van der Waals surface area contributed by atoms with Crippen molar-refractivity contribution in [1.29, 1.82) is 0 Å². The number of hydrogen-bond donors (Lipinski definition) is 0. The van der Waals surface area contributed by atoms with Gasteiger partial charge in [0.2, 0.25) is 0 Å². The Balaban J connectivity index is 2.26. The first-order valence-corrected chi connectivity index (χ1v) is 7.05. The van der Waals surface area contributed by atoms with E-state index in [1.807, 2.05) is 0 Å². The number of halogens is 2. The van der Waals surface area contributed by atoms with E-state index in [4.69, 9.17) is 27.9 Å². The maximum absolute atomic E-state index is 12.2. The zero-order valence-electron chi connectivity index (χ0n) is 11.5. The van der Waals surface area contributed by atoms with Crippen LogP contribution in [0.3, 0.4) is 0 Å². The van der Waals surface area contributed by atoms with Crippen molar-refractivity contribution < 1.29 is 14.5 Å². The minimum atomic E-state index is -0.809. The number of carbonyl (C=O) groups excluding carboxylic acids is 1. The highest BCUT2D eigenvalue weighted by molar-refractivity contribution is 6.31. The van der Waals surface area contributed by atoms with Crippen LogP contribution in [-0.2, 0) is 4.74 Å². The normalized spacial score (nSPS) is 11.8. The molecule has 0 N–H and O–H groups in total. The van der Waals surface area contributed by atoms with Crippen LogP contribution in [0.5, 0.6) is 0 Å². The molecule has 0 aliphatic carbocycles. The average molecular weight is 340 g/mol. The second-order valence-electron chi connectivity index (χ2n) is 4.49. The van der Waals surface area contributed by atoms with Crippen LogP contribution in [-0.4, -0.2) is 10.9 Å². The summed E-state index contributed by atoms with van der Waals surface area (Å²) in [5.41, 5.74) is 0.0614. The van der Waals surface area contributed by atoms with Crippen LogP contribution in [0.2, 0.25) is 10.0 Å². The van der Waals surface area contributed by atoms with Gasteiger partial charge >= 0.3 is 5.97 Å². The first kappa shape index (κ1) is 16.3. The molecular weight excluding hydrogens is 329 g/mol. The smallest absolute Gasteiger partial charge is 0.345 e. The van der Waals surface area contributed by atoms with Crippen molar-refractivity contribution in [3.8, 4) is 0 Å². The predicted molar refractivity (Wildman–Crippen MR) is 83.4 cm³/mol. The molecule has 0 amide bonds. The van der Waals surface area contributed by atoms with E-state index >= 15 is 0 Å². The van der Waals surface area contributed by atoms with Gasteiger partial charge in [-0.05, 0) is 25.1 Å². The number of esters is 1. The fourth-order valence-corrected chi connectivity index (χ4v) is 2.38. The molecule has 0 heterocycles. The Bertz CT molecular complexity index is 733. The molecule has 2 aromatic rings. The third-order valence-electron chi connectivity index (χ3n) is 3.00. The molecule has 0 fully saturated rings. The van der Waals surface area contributed by atoms with Crippen LogP contribution in [0.4, 0.5) is 5.69 Å². The summed E-state index contributed by atoms with van der Waals surface area (Å²) in [7, 11) is 0. The molecule has 2 rings (SSSR count). The maximum atomic E-state index is 12.2. The van der Waals surface area contributed by atoms with Gasteiger partial charge in [0.05, 0.1) is 4.92 Å². The van der Waals surface area contributed by atoms with E-state index in [2.05, 4.69) is 0 Å². The molecule has 0 aliphatic heterocycles. The molecular formula is C15H11Cl2NO4. The van der Waals surface area contributed by atoms with Crippen molar-refractivity contribution in [1.82, 2.24) is 0 Å². The average Bonchev–Trinajstić information content (AvgIpc) is 2.47. The first-order valence-electron chi connectivity index (χ1n) is 6.29. The van der Waals surface area contributed by atoms with E-state index in [1.54, 1.807) is 31.2 Å². The molecule has 0 radical (unpaired) electrons. The van der Waals surface area contributed by atoms with E-state index in [0.29, 0.717) is 10.6 Å². The lowest BCUT2D eigenvalue weighted by atomic mass is 10.1. The molecule has 114 valence electrons. The van der Waals surface area contributed by atoms with E-state index in [0.717, 1.165) is 6.07 Å². The summed E-state index contributed by atoms with van der Waals surface area (Å²) in [6.45, 7) is 1.64. The zero-order chi connectivity index (χ0) is 16.3. The fraction of sp³-hybridized carbons (Fsp3) is 0.133. The molecule has 1 atom stereocenters. The van der Waals surface area contributed by atoms with Gasteiger partial charge in [-0.2, -0.15) is 0 Å². The first-order chi connectivity index (χ1) is 10.4. The van der Waals surface area contributed by atoms with Gasteiger partial charge in [-0.3, -0.25) is 10.1 Å². The number of hydrogen-bond acceptors (Lipinski definition) is 4. The monoisotopic (exact) mass is 339 g/mol. The Labute approximate surface area is 136 Å². The SMILES string of the molecule is CC(OC(=O)c1ccc(Cl)cc1[N+](=O)[O-])c1ccccc1Cl. The molecule has 0 saturated heterocycles. The Morgan fingerprint density at radius 2 is 1.91 bits per heavy atom. The number of nitrogens with zero attached hydrogens (tertiary/aromatic N) is 1. The Kier molecular flexibility index (Phi) is 5.00. The van der Waals surface area contributed by atoms with Gasteiger partial charge in [0.15, 0.2) is 0 Å². The molecule has 1 unspecified atom stereocenters. The lowest BCUT2D eigenvalue weighted by Crippen LogP contribution is -2.11. The molecule has 5 nitrogen and oxygen atoms in total. The quantitative estimate of drug-likeness (QED) is 0.454. The summed E-state index contributed by atoms with van der Waals surface area (Å²) in [5.74, 6) is -0.809. The second-order valence-corrected chi connectivity index (χ2v) is 5.33. The fourth-order valence-electron chi connectivity index (χ4n) is 1.92. The van der Waals surface area contributed by atoms with Crippen molar-refractivity contribution in [2.75, 3.05) is 0 Å². The number of nitro groups is 1. The number of carbonyl (C=O) groups is 1. The number of rotatable bonds is 4. The highest BCUT2D eigenvalue weighted by Crippen LogP contribution is 2.28. The van der Waals surface area contributed by atoms with Crippen molar-refractivity contribution in [3.05, 3.63) is 73.8 Å². The minimum absolute atomic E-state index is 0.159. The third kappa shape index (κ3) is 3.55. The van der Waals surface area contributed by atoms with Crippen LogP contribution in [0.1, 0.15) is 28.9 Å². The van der Waals surface area contributed by atoms with Gasteiger partial charge in [-0.25, -0.2) is 4.79 Å². The molecule has 7 heteroatoms. The highest BCUT2D eigenvalue weighted by atomic mass is 35.5. The minimum Gasteiger partial charge on any atom is -0.454 e. The van der Waals surface area contributed by atoms with Crippen LogP contribution < -0.4 is 0 Å². The Hall–Kier alpha value is -2.11. The molecule has 0 bridgehead atoms. The number of nitro benzene ring substituents is 1. The summed E-state index contributed by atoms with van der Waals surface area (Å²) in [6.07, 6.45) is -0.642. The summed E-state index contributed by atoms with van der Waals surface area (Å²) in [4.78, 5) is 22.5. The molecule has 0 aromatic heterocycles. The molecule has 2 aromatic carbocycles. The number of benzene rings is 2. The van der Waals surface area contributed by atoms with Crippen molar-refractivity contribution in [3.63, 3.8) is 0 Å². The van der Waals surface area contributed by atoms with Gasteiger partial charge in [0.1, 0.15) is 11.7 Å². The maximum Gasteiger partial charge on any atom is 0.345 e. The van der Waals surface area contributed by atoms with Crippen LogP contribution in [0, 0.1) is 10.1 Å². The summed E-state index contributed by atoms with van der Waals surface area (Å²) in [6, 6.07) is 10.7. The van der Waals surface area contributed by atoms with Gasteiger partial charge in [-0.1, -0.05) is 41.4 Å². The van der Waals surface area contributed by atoms with Crippen molar-refractivity contribution >= 4 is 34.9 Å². The van der Waals surface area contributed by atoms with Gasteiger partial charge in [0.25, 0.3) is 5.69 Å². The largest absolute Gasteiger partial charge is 0.454 e. The highest BCUT2D eigenvalue weighted by Gasteiger charge is 2.24. The molecule has 0 saturated carbocycles. The third-order valence-corrected chi connectivity index (χ3v) is 3.58. The lowest BCUT2D eigenvalue weighted by molar-refractivity contribution is -0.385. The molecule has 0 aliphatic rings. The second kappa shape index (κ2) is 6.77. The Morgan fingerprint density at radius 3 is 2.55 bits per heavy atom. The van der Waals surface area contributed by atoms with Crippen LogP contribution in [0.15, 0.2) is 42.5 Å². The van der Waals surface area contributed by atoms with Crippen LogP contribution in [0.25, 0.3) is 0 Å². The van der Waals surface area contributed by atoms with Crippen molar-refractivity contribution in [2.45, 2.75) is 13.0 Å². The topological polar surface area (TPSA) is 69.4 Å². The van der Waals surface area contributed by atoms with Crippen LogP contribution >= 0.6 is 23.2 Å². The van der Waals surface area contributed by atoms with E-state index in [1.165, 1.54) is 12.1 Å². The van der Waals surface area contributed by atoms with E-state index in [-0.39, 0.29) is 10.6 Å². The summed E-state index contributed by atoms with van der Waals surface area (Å²) in [5, 5.41) is 11.6. The van der Waals surface area contributed by atoms with Gasteiger partial charge in [-0.15, -0.1) is 0 Å². The standard InChI is InChI=1S/C15H11Cl2NO4/c1-9(11-4-2-3-5-13(11)17)22-15(19)12-7-6-10(16)8-14(12)18(20)21/h2-9H,1H3. The summed E-state index contributed by atoms with van der Waals surface area (Å²) < 4.78 is 5.26. The van der Waals surface area contributed by atoms with E-state index < -0.39 is 22.7 Å².